The first kappa shape index (κ1) is 13.0. The molecular formula is C17H19FN2. The molecule has 3 rings (SSSR count). The molecule has 0 bridgehead atoms. The van der Waals surface area contributed by atoms with Crippen LogP contribution in [0.1, 0.15) is 17.5 Å². The van der Waals surface area contributed by atoms with Gasteiger partial charge < -0.3 is 10.6 Å². The Balaban J connectivity index is 1.59. The molecular weight excluding hydrogens is 251 g/mol. The molecule has 2 aromatic carbocycles. The maximum atomic E-state index is 13.3. The number of rotatable bonds is 4. The summed E-state index contributed by atoms with van der Waals surface area (Å²) in [5.74, 6) is -0.147. The highest BCUT2D eigenvalue weighted by Gasteiger charge is 2.18. The van der Waals surface area contributed by atoms with Crippen molar-refractivity contribution >= 4 is 11.4 Å². The van der Waals surface area contributed by atoms with E-state index in [2.05, 4.69) is 11.0 Å². The number of nitrogens with two attached hydrogens (primary N) is 1. The Bertz CT molecular complexity index is 610. The minimum absolute atomic E-state index is 0.147. The van der Waals surface area contributed by atoms with E-state index in [1.165, 1.54) is 11.1 Å². The van der Waals surface area contributed by atoms with Gasteiger partial charge in [-0.25, -0.2) is 4.39 Å². The number of anilines is 2. The molecule has 2 aromatic rings. The van der Waals surface area contributed by atoms with Crippen LogP contribution in [0.15, 0.2) is 42.5 Å². The van der Waals surface area contributed by atoms with Crippen molar-refractivity contribution in [1.29, 1.82) is 0 Å². The average Bonchev–Trinajstić information content (AvgIpc) is 2.82. The van der Waals surface area contributed by atoms with E-state index in [0.717, 1.165) is 43.7 Å². The normalized spacial score (nSPS) is 13.6. The van der Waals surface area contributed by atoms with E-state index in [0.29, 0.717) is 0 Å². The maximum absolute atomic E-state index is 13.3. The zero-order chi connectivity index (χ0) is 13.9. The molecule has 0 aliphatic carbocycles. The van der Waals surface area contributed by atoms with Crippen LogP contribution >= 0.6 is 0 Å². The fraction of sp³-hybridized carbons (Fsp3) is 0.294. The molecule has 2 nitrogen and oxygen atoms in total. The minimum Gasteiger partial charge on any atom is -0.399 e. The Kier molecular flexibility index (Phi) is 3.59. The molecule has 1 heterocycles. The van der Waals surface area contributed by atoms with Crippen LogP contribution in [-0.2, 0) is 12.8 Å². The summed E-state index contributed by atoms with van der Waals surface area (Å²) in [7, 11) is 0. The summed E-state index contributed by atoms with van der Waals surface area (Å²) in [5, 5.41) is 0. The summed E-state index contributed by atoms with van der Waals surface area (Å²) in [6, 6.07) is 13.1. The lowest BCUT2D eigenvalue weighted by Gasteiger charge is -2.19. The molecule has 1 aliphatic rings. The Morgan fingerprint density at radius 2 is 2.05 bits per heavy atom. The topological polar surface area (TPSA) is 29.3 Å². The molecule has 104 valence electrons. The predicted molar refractivity (Wildman–Crippen MR) is 81.5 cm³/mol. The van der Waals surface area contributed by atoms with Crippen LogP contribution in [0.2, 0.25) is 0 Å². The molecule has 0 saturated carbocycles. The first-order valence-corrected chi connectivity index (χ1v) is 7.10. The first-order chi connectivity index (χ1) is 9.72. The van der Waals surface area contributed by atoms with Crippen molar-refractivity contribution in [2.75, 3.05) is 23.7 Å². The molecule has 0 atom stereocenters. The van der Waals surface area contributed by atoms with E-state index in [1.807, 2.05) is 24.3 Å². The van der Waals surface area contributed by atoms with E-state index in [9.17, 15) is 4.39 Å². The summed E-state index contributed by atoms with van der Waals surface area (Å²) >= 11 is 0. The van der Waals surface area contributed by atoms with Crippen molar-refractivity contribution in [3.63, 3.8) is 0 Å². The summed E-state index contributed by atoms with van der Waals surface area (Å²) in [5.41, 5.74) is 10.2. The van der Waals surface area contributed by atoms with Crippen LogP contribution in [0, 0.1) is 5.82 Å². The number of aryl methyl sites for hydroxylation is 1. The highest BCUT2D eigenvalue weighted by atomic mass is 19.1. The van der Waals surface area contributed by atoms with Crippen molar-refractivity contribution < 1.29 is 4.39 Å². The van der Waals surface area contributed by atoms with Crippen LogP contribution in [-0.4, -0.2) is 13.1 Å². The van der Waals surface area contributed by atoms with E-state index < -0.39 is 0 Å². The maximum Gasteiger partial charge on any atom is 0.125 e. The summed E-state index contributed by atoms with van der Waals surface area (Å²) in [6.45, 7) is 1.96. The third-order valence-corrected chi connectivity index (χ3v) is 3.88. The third kappa shape index (κ3) is 2.77. The van der Waals surface area contributed by atoms with E-state index in [1.54, 1.807) is 12.1 Å². The van der Waals surface area contributed by atoms with Gasteiger partial charge in [-0.2, -0.15) is 0 Å². The van der Waals surface area contributed by atoms with Crippen LogP contribution in [0.5, 0.6) is 0 Å². The Hall–Kier alpha value is -2.03. The van der Waals surface area contributed by atoms with Crippen LogP contribution in [0.3, 0.4) is 0 Å². The minimum atomic E-state index is -0.147. The molecule has 0 fully saturated rings. The van der Waals surface area contributed by atoms with Gasteiger partial charge in [0.1, 0.15) is 5.82 Å². The van der Waals surface area contributed by atoms with Gasteiger partial charge in [0.15, 0.2) is 0 Å². The molecule has 3 heteroatoms. The van der Waals surface area contributed by atoms with Crippen LogP contribution < -0.4 is 10.6 Å². The van der Waals surface area contributed by atoms with Crippen molar-refractivity contribution in [2.45, 2.75) is 19.3 Å². The van der Waals surface area contributed by atoms with Crippen molar-refractivity contribution in [3.05, 3.63) is 59.4 Å². The van der Waals surface area contributed by atoms with Gasteiger partial charge in [-0.15, -0.1) is 0 Å². The van der Waals surface area contributed by atoms with Gasteiger partial charge in [0.05, 0.1) is 0 Å². The standard InChI is InChI=1S/C17H19FN2/c18-15-7-6-14-8-10-20(17(14)12-15)9-2-4-13-3-1-5-16(19)11-13/h1,3,5-7,11-12H,2,4,8-10,19H2. The number of hydrogen-bond donors (Lipinski definition) is 1. The van der Waals surface area contributed by atoms with Gasteiger partial charge in [-0.1, -0.05) is 18.2 Å². The van der Waals surface area contributed by atoms with Gasteiger partial charge in [-0.3, -0.25) is 0 Å². The van der Waals surface area contributed by atoms with Crippen LogP contribution in [0.4, 0.5) is 15.8 Å². The Morgan fingerprint density at radius 1 is 1.15 bits per heavy atom. The molecule has 0 aromatic heterocycles. The predicted octanol–water partition coefficient (Wildman–Crippen LogP) is 3.40. The molecule has 20 heavy (non-hydrogen) atoms. The lowest BCUT2D eigenvalue weighted by molar-refractivity contribution is 0.627. The zero-order valence-electron chi connectivity index (χ0n) is 11.5. The number of hydrogen-bond acceptors (Lipinski definition) is 2. The summed E-state index contributed by atoms with van der Waals surface area (Å²) in [6.07, 6.45) is 3.08. The highest BCUT2D eigenvalue weighted by Crippen LogP contribution is 2.28. The molecule has 0 amide bonds. The SMILES string of the molecule is Nc1cccc(CCCN2CCc3ccc(F)cc32)c1. The number of halogens is 1. The number of fused-ring (bicyclic) bond motifs is 1. The molecule has 0 radical (unpaired) electrons. The summed E-state index contributed by atoms with van der Waals surface area (Å²) < 4.78 is 13.3. The van der Waals surface area contributed by atoms with Crippen molar-refractivity contribution in [2.24, 2.45) is 0 Å². The van der Waals surface area contributed by atoms with Gasteiger partial charge in [0.25, 0.3) is 0 Å². The number of nitrogen functional groups attached to an aromatic ring is 1. The molecule has 0 unspecified atom stereocenters. The zero-order valence-corrected chi connectivity index (χ0v) is 11.5. The second-order valence-electron chi connectivity index (χ2n) is 5.36. The van der Waals surface area contributed by atoms with E-state index in [4.69, 9.17) is 5.73 Å². The Morgan fingerprint density at radius 3 is 2.90 bits per heavy atom. The van der Waals surface area contributed by atoms with Crippen LogP contribution in [0.25, 0.3) is 0 Å². The van der Waals surface area contributed by atoms with E-state index >= 15 is 0 Å². The largest absolute Gasteiger partial charge is 0.399 e. The van der Waals surface area contributed by atoms with Gasteiger partial charge >= 0.3 is 0 Å². The summed E-state index contributed by atoms with van der Waals surface area (Å²) in [4.78, 5) is 2.28. The second-order valence-corrected chi connectivity index (χ2v) is 5.36. The molecule has 0 spiro atoms. The first-order valence-electron chi connectivity index (χ1n) is 7.10. The highest BCUT2D eigenvalue weighted by molar-refractivity contribution is 5.58. The van der Waals surface area contributed by atoms with Crippen molar-refractivity contribution in [1.82, 2.24) is 0 Å². The van der Waals surface area contributed by atoms with E-state index in [-0.39, 0.29) is 5.82 Å². The lowest BCUT2D eigenvalue weighted by atomic mass is 10.1. The number of nitrogens with zero attached hydrogens (tertiary/aromatic N) is 1. The monoisotopic (exact) mass is 270 g/mol. The molecule has 1 aliphatic heterocycles. The molecule has 0 saturated heterocycles. The van der Waals surface area contributed by atoms with Gasteiger partial charge in [0, 0.05) is 24.5 Å². The van der Waals surface area contributed by atoms with Crippen molar-refractivity contribution in [3.8, 4) is 0 Å². The fourth-order valence-corrected chi connectivity index (χ4v) is 2.87. The third-order valence-electron chi connectivity index (χ3n) is 3.88. The smallest absolute Gasteiger partial charge is 0.125 e. The Labute approximate surface area is 119 Å². The van der Waals surface area contributed by atoms with Gasteiger partial charge in [0.2, 0.25) is 0 Å². The lowest BCUT2D eigenvalue weighted by Crippen LogP contribution is -2.22. The second kappa shape index (κ2) is 5.53. The number of benzene rings is 2. The quantitative estimate of drug-likeness (QED) is 0.863. The van der Waals surface area contributed by atoms with Gasteiger partial charge in [-0.05, 0) is 54.7 Å². The molecule has 2 N–H and O–H groups in total. The fourth-order valence-electron chi connectivity index (χ4n) is 2.87. The average molecular weight is 270 g/mol.